The summed E-state index contributed by atoms with van der Waals surface area (Å²) in [5.41, 5.74) is 1.82. The Morgan fingerprint density at radius 2 is 1.78 bits per heavy atom. The Hall–Kier alpha value is -2.80. The van der Waals surface area contributed by atoms with Crippen LogP contribution in [-0.4, -0.2) is 36.6 Å². The number of fused-ring (bicyclic) bond motifs is 1. The van der Waals surface area contributed by atoms with E-state index in [-0.39, 0.29) is 0 Å². The number of benzene rings is 2. The van der Waals surface area contributed by atoms with Gasteiger partial charge in [-0.25, -0.2) is 4.98 Å². The van der Waals surface area contributed by atoms with Crippen molar-refractivity contribution < 1.29 is 4.42 Å². The maximum absolute atomic E-state index is 6.31. The summed E-state index contributed by atoms with van der Waals surface area (Å²) in [4.78, 5) is 11.6. The van der Waals surface area contributed by atoms with Gasteiger partial charge in [-0.15, -0.1) is 0 Å². The second-order valence-electron chi connectivity index (χ2n) is 9.67. The van der Waals surface area contributed by atoms with Gasteiger partial charge in [0, 0.05) is 36.1 Å². The lowest BCUT2D eigenvalue weighted by atomic mass is 9.86. The molecule has 6 nitrogen and oxygen atoms in total. The maximum atomic E-state index is 6.31. The first-order valence-corrected chi connectivity index (χ1v) is 13.2. The lowest BCUT2D eigenvalue weighted by Gasteiger charge is -2.29. The van der Waals surface area contributed by atoms with Gasteiger partial charge in [0.15, 0.2) is 0 Å². The predicted molar refractivity (Wildman–Crippen MR) is 149 cm³/mol. The molecule has 0 spiro atoms. The lowest BCUT2D eigenvalue weighted by molar-refractivity contribution is 0.320. The summed E-state index contributed by atoms with van der Waals surface area (Å²) in [5, 5.41) is 9.44. The van der Waals surface area contributed by atoms with Crippen LogP contribution in [0.25, 0.3) is 22.2 Å². The molecule has 36 heavy (non-hydrogen) atoms. The number of anilines is 2. The number of aromatic nitrogens is 2. The van der Waals surface area contributed by atoms with Gasteiger partial charge in [-0.3, -0.25) is 0 Å². The van der Waals surface area contributed by atoms with Crippen LogP contribution in [-0.2, 0) is 6.54 Å². The normalized spacial score (nSPS) is 17.9. The second-order valence-corrected chi connectivity index (χ2v) is 10.5. The molecule has 5 rings (SSSR count). The Balaban J connectivity index is 1.10. The minimum Gasteiger partial charge on any atom is -0.460 e. The summed E-state index contributed by atoms with van der Waals surface area (Å²) in [6.45, 7) is 1.67. The van der Waals surface area contributed by atoms with Gasteiger partial charge in [0.2, 0.25) is 5.95 Å². The fourth-order valence-electron chi connectivity index (χ4n) is 4.87. The molecule has 0 atom stereocenters. The van der Waals surface area contributed by atoms with Gasteiger partial charge in [0.25, 0.3) is 0 Å². The van der Waals surface area contributed by atoms with E-state index in [0.29, 0.717) is 34.5 Å². The minimum atomic E-state index is 0.397. The first-order valence-electron chi connectivity index (χ1n) is 12.4. The predicted octanol–water partition coefficient (Wildman–Crippen LogP) is 7.02. The number of furan rings is 1. The fraction of sp³-hybridized carbons (Fsp3) is 0.357. The number of rotatable bonds is 8. The third-order valence-electron chi connectivity index (χ3n) is 6.78. The van der Waals surface area contributed by atoms with Crippen LogP contribution in [0.4, 0.5) is 11.8 Å². The van der Waals surface area contributed by atoms with Crippen LogP contribution in [0.3, 0.4) is 0 Å². The van der Waals surface area contributed by atoms with Gasteiger partial charge in [0.1, 0.15) is 17.3 Å². The van der Waals surface area contributed by atoms with E-state index in [1.54, 1.807) is 6.07 Å². The zero-order valence-electron chi connectivity index (χ0n) is 20.6. The van der Waals surface area contributed by atoms with E-state index in [1.165, 1.54) is 12.8 Å². The molecule has 0 saturated heterocycles. The number of nitrogens with one attached hydrogen (secondary N) is 2. The van der Waals surface area contributed by atoms with Gasteiger partial charge in [0.05, 0.1) is 17.1 Å². The van der Waals surface area contributed by atoms with Crippen molar-refractivity contribution in [2.75, 3.05) is 30.9 Å². The number of halogens is 2. The van der Waals surface area contributed by atoms with Crippen molar-refractivity contribution in [1.82, 2.24) is 15.3 Å². The van der Waals surface area contributed by atoms with E-state index in [4.69, 9.17) is 37.6 Å². The SMILES string of the molecule is CN(C)c1nc(NC2CCC(CNCc3ccc(-c4ccc(Cl)cc4Cl)o3)CC2)nc2ccccc12. The zero-order valence-corrected chi connectivity index (χ0v) is 22.1. The Kier molecular flexibility index (Phi) is 7.65. The topological polar surface area (TPSA) is 66.2 Å². The highest BCUT2D eigenvalue weighted by molar-refractivity contribution is 6.36. The van der Waals surface area contributed by atoms with Gasteiger partial charge in [-0.05, 0) is 80.6 Å². The molecule has 2 aromatic heterocycles. The van der Waals surface area contributed by atoms with Crippen molar-refractivity contribution >= 4 is 45.9 Å². The van der Waals surface area contributed by atoms with Crippen LogP contribution < -0.4 is 15.5 Å². The van der Waals surface area contributed by atoms with E-state index < -0.39 is 0 Å². The first-order chi connectivity index (χ1) is 17.5. The molecule has 2 heterocycles. The molecule has 2 N–H and O–H groups in total. The highest BCUT2D eigenvalue weighted by Crippen LogP contribution is 2.32. The van der Waals surface area contributed by atoms with Crippen LogP contribution in [0, 0.1) is 5.92 Å². The third kappa shape index (κ3) is 5.77. The molecule has 0 bridgehead atoms. The van der Waals surface area contributed by atoms with Crippen LogP contribution in [0.15, 0.2) is 59.0 Å². The largest absolute Gasteiger partial charge is 0.460 e. The van der Waals surface area contributed by atoms with Gasteiger partial charge in [-0.2, -0.15) is 4.98 Å². The molecule has 1 fully saturated rings. The number of hydrogen-bond acceptors (Lipinski definition) is 6. The summed E-state index contributed by atoms with van der Waals surface area (Å²) >= 11 is 12.3. The average Bonchev–Trinajstić information content (AvgIpc) is 3.33. The van der Waals surface area contributed by atoms with Crippen molar-refractivity contribution in [3.05, 3.63) is 70.4 Å². The molecule has 0 amide bonds. The quantitative estimate of drug-likeness (QED) is 0.258. The van der Waals surface area contributed by atoms with E-state index in [0.717, 1.165) is 53.2 Å². The highest BCUT2D eigenvalue weighted by atomic mass is 35.5. The fourth-order valence-corrected chi connectivity index (χ4v) is 5.37. The zero-order chi connectivity index (χ0) is 25.1. The molecule has 4 aromatic rings. The Bertz CT molecular complexity index is 1330. The van der Waals surface area contributed by atoms with Gasteiger partial charge < -0.3 is 20.0 Å². The van der Waals surface area contributed by atoms with E-state index in [2.05, 4.69) is 16.7 Å². The van der Waals surface area contributed by atoms with E-state index in [9.17, 15) is 0 Å². The Morgan fingerprint density at radius 3 is 2.56 bits per heavy atom. The Labute approximate surface area is 222 Å². The van der Waals surface area contributed by atoms with Crippen molar-refractivity contribution in [2.45, 2.75) is 38.3 Å². The average molecular weight is 524 g/mol. The van der Waals surface area contributed by atoms with Gasteiger partial charge in [-0.1, -0.05) is 35.3 Å². The molecule has 0 radical (unpaired) electrons. The van der Waals surface area contributed by atoms with Crippen LogP contribution in [0.5, 0.6) is 0 Å². The molecule has 2 aromatic carbocycles. The summed E-state index contributed by atoms with van der Waals surface area (Å²) in [6, 6.07) is 18.0. The molecule has 8 heteroatoms. The highest BCUT2D eigenvalue weighted by Gasteiger charge is 2.22. The lowest BCUT2D eigenvalue weighted by Crippen LogP contribution is -2.31. The second kappa shape index (κ2) is 11.1. The molecular weight excluding hydrogens is 493 g/mol. The first kappa shape index (κ1) is 24.9. The van der Waals surface area contributed by atoms with E-state index in [1.807, 2.05) is 61.5 Å². The summed E-state index contributed by atoms with van der Waals surface area (Å²) < 4.78 is 6.00. The molecule has 1 saturated carbocycles. The number of nitrogens with zero attached hydrogens (tertiary/aromatic N) is 3. The van der Waals surface area contributed by atoms with Crippen molar-refractivity contribution in [3.63, 3.8) is 0 Å². The van der Waals surface area contributed by atoms with Crippen LogP contribution >= 0.6 is 23.2 Å². The molecule has 1 aliphatic carbocycles. The third-order valence-corrected chi connectivity index (χ3v) is 7.32. The summed E-state index contributed by atoms with van der Waals surface area (Å²) in [7, 11) is 4.04. The molecule has 188 valence electrons. The number of hydrogen-bond donors (Lipinski definition) is 2. The Morgan fingerprint density at radius 1 is 0.972 bits per heavy atom. The number of para-hydroxylation sites is 1. The summed E-state index contributed by atoms with van der Waals surface area (Å²) in [6.07, 6.45) is 4.56. The van der Waals surface area contributed by atoms with Gasteiger partial charge >= 0.3 is 0 Å². The van der Waals surface area contributed by atoms with Crippen molar-refractivity contribution in [1.29, 1.82) is 0 Å². The molecule has 1 aliphatic rings. The monoisotopic (exact) mass is 523 g/mol. The molecule has 0 aliphatic heterocycles. The maximum Gasteiger partial charge on any atom is 0.225 e. The van der Waals surface area contributed by atoms with Crippen molar-refractivity contribution in [3.8, 4) is 11.3 Å². The van der Waals surface area contributed by atoms with E-state index >= 15 is 0 Å². The van der Waals surface area contributed by atoms with Crippen LogP contribution in [0.2, 0.25) is 10.0 Å². The van der Waals surface area contributed by atoms with Crippen LogP contribution in [0.1, 0.15) is 31.4 Å². The molecule has 0 unspecified atom stereocenters. The van der Waals surface area contributed by atoms with Crippen molar-refractivity contribution in [2.24, 2.45) is 5.92 Å². The molecular formula is C28H31Cl2N5O. The smallest absolute Gasteiger partial charge is 0.225 e. The standard InChI is InChI=1S/C28H31Cl2N5O/c1-35(2)27-23-5-3-4-6-25(23)33-28(34-27)32-20-10-7-18(8-11-20)16-31-17-21-12-14-26(36-21)22-13-9-19(29)15-24(22)30/h3-6,9,12-15,18,20,31H,7-8,10-11,16-17H2,1-2H3,(H,32,33,34). The summed E-state index contributed by atoms with van der Waals surface area (Å²) in [5.74, 6) is 3.97. The minimum absolute atomic E-state index is 0.397.